The molecule has 0 saturated carbocycles. The first-order valence-electron chi connectivity index (χ1n) is 4.69. The lowest BCUT2D eigenvalue weighted by atomic mass is 9.88. The maximum absolute atomic E-state index is 11.9. The third-order valence-corrected chi connectivity index (χ3v) is 2.98. The number of thiocyanates is 1. The number of nitrogens with zero attached hydrogens (tertiary/aromatic N) is 1. The third kappa shape index (κ3) is 1.95. The molecule has 1 aromatic carbocycles. The molecule has 1 aliphatic rings. The van der Waals surface area contributed by atoms with E-state index >= 15 is 0 Å². The van der Waals surface area contributed by atoms with Crippen LogP contribution in [-0.4, -0.2) is 5.78 Å². The van der Waals surface area contributed by atoms with Crippen LogP contribution in [-0.2, 0) is 6.42 Å². The van der Waals surface area contributed by atoms with Gasteiger partial charge in [0.15, 0.2) is 5.78 Å². The van der Waals surface area contributed by atoms with Crippen LogP contribution in [0.3, 0.4) is 0 Å². The number of hydrogen-bond acceptors (Lipinski definition) is 3. The van der Waals surface area contributed by atoms with Crippen molar-refractivity contribution in [2.75, 3.05) is 0 Å². The number of hydrogen-bond donors (Lipinski definition) is 0. The van der Waals surface area contributed by atoms with Gasteiger partial charge in [0.25, 0.3) is 0 Å². The summed E-state index contributed by atoms with van der Waals surface area (Å²) in [6, 6.07) is 7.66. The summed E-state index contributed by atoms with van der Waals surface area (Å²) in [7, 11) is 0. The normalized spacial score (nSPS) is 17.3. The van der Waals surface area contributed by atoms with Crippen molar-refractivity contribution in [2.24, 2.45) is 0 Å². The Morgan fingerprint density at radius 2 is 2.13 bits per heavy atom. The monoisotopic (exact) mass is 215 g/mol. The molecule has 3 heteroatoms. The van der Waals surface area contributed by atoms with Crippen LogP contribution in [0.4, 0.5) is 0 Å². The Labute approximate surface area is 92.6 Å². The van der Waals surface area contributed by atoms with Gasteiger partial charge >= 0.3 is 0 Å². The molecule has 0 fully saturated rings. The van der Waals surface area contributed by atoms with Crippen molar-refractivity contribution in [1.29, 1.82) is 5.26 Å². The number of fused-ring (bicyclic) bond motifs is 1. The van der Waals surface area contributed by atoms with Gasteiger partial charge in [0.05, 0.1) is 0 Å². The fraction of sp³-hybridized carbons (Fsp3) is 0.167. The first-order valence-corrected chi connectivity index (χ1v) is 5.57. The van der Waals surface area contributed by atoms with Gasteiger partial charge in [-0.1, -0.05) is 24.3 Å². The predicted octanol–water partition coefficient (Wildman–Crippen LogP) is 2.91. The van der Waals surface area contributed by atoms with Crippen molar-refractivity contribution in [3.05, 3.63) is 46.4 Å². The zero-order chi connectivity index (χ0) is 10.7. The number of carbonyl (C=O) groups excluding carboxylic acids is 1. The quantitative estimate of drug-likeness (QED) is 0.534. The van der Waals surface area contributed by atoms with Crippen LogP contribution in [0, 0.1) is 10.7 Å². The minimum absolute atomic E-state index is 0.0691. The van der Waals surface area contributed by atoms with Crippen molar-refractivity contribution in [2.45, 2.75) is 12.8 Å². The average molecular weight is 215 g/mol. The Bertz CT molecular complexity index is 471. The SMILES string of the molecule is N#CS/C=C1\CCc2ccccc2C1=O. The smallest absolute Gasteiger partial charge is 0.189 e. The van der Waals surface area contributed by atoms with Crippen molar-refractivity contribution in [3.8, 4) is 5.40 Å². The molecule has 1 aliphatic carbocycles. The van der Waals surface area contributed by atoms with Gasteiger partial charge in [-0.2, -0.15) is 5.26 Å². The standard InChI is InChI=1S/C12H9NOS/c13-8-15-7-10-6-5-9-3-1-2-4-11(9)12(10)14/h1-4,7H,5-6H2/b10-7+. The van der Waals surface area contributed by atoms with Gasteiger partial charge in [0.1, 0.15) is 5.40 Å². The molecule has 0 aliphatic heterocycles. The number of aryl methyl sites for hydroxylation is 1. The summed E-state index contributed by atoms with van der Waals surface area (Å²) in [5, 5.41) is 12.0. The van der Waals surface area contributed by atoms with Crippen LogP contribution in [0.15, 0.2) is 35.2 Å². The highest BCUT2D eigenvalue weighted by molar-refractivity contribution is 8.06. The molecule has 0 saturated heterocycles. The van der Waals surface area contributed by atoms with Crippen LogP contribution in [0.2, 0.25) is 0 Å². The van der Waals surface area contributed by atoms with Crippen LogP contribution in [0.5, 0.6) is 0 Å². The lowest BCUT2D eigenvalue weighted by Crippen LogP contribution is -2.13. The molecule has 2 nitrogen and oxygen atoms in total. The number of benzene rings is 1. The summed E-state index contributed by atoms with van der Waals surface area (Å²) in [4.78, 5) is 11.9. The highest BCUT2D eigenvalue weighted by Gasteiger charge is 2.20. The van der Waals surface area contributed by atoms with Crippen LogP contribution < -0.4 is 0 Å². The molecule has 0 unspecified atom stereocenters. The molecule has 74 valence electrons. The topological polar surface area (TPSA) is 40.9 Å². The molecule has 0 bridgehead atoms. The van der Waals surface area contributed by atoms with E-state index in [9.17, 15) is 4.79 Å². The van der Waals surface area contributed by atoms with Gasteiger partial charge in [-0.3, -0.25) is 4.79 Å². The first-order chi connectivity index (χ1) is 7.33. The molecule has 0 spiro atoms. The Morgan fingerprint density at radius 1 is 1.33 bits per heavy atom. The summed E-state index contributed by atoms with van der Waals surface area (Å²) in [5.74, 6) is 0.0691. The number of Topliss-reactive ketones (excluding diaryl/α,β-unsaturated/α-hetero) is 1. The average Bonchev–Trinajstić information content (AvgIpc) is 2.29. The van der Waals surface area contributed by atoms with E-state index in [0.29, 0.717) is 0 Å². The number of nitriles is 1. The lowest BCUT2D eigenvalue weighted by molar-refractivity contribution is 0.102. The maximum Gasteiger partial charge on any atom is 0.189 e. The Morgan fingerprint density at radius 3 is 2.93 bits per heavy atom. The van der Waals surface area contributed by atoms with E-state index < -0.39 is 0 Å². The number of allylic oxidation sites excluding steroid dienone is 1. The number of thioether (sulfide) groups is 1. The van der Waals surface area contributed by atoms with E-state index in [4.69, 9.17) is 5.26 Å². The predicted molar refractivity (Wildman–Crippen MR) is 60.4 cm³/mol. The zero-order valence-electron chi connectivity index (χ0n) is 8.06. The van der Waals surface area contributed by atoms with Crippen molar-refractivity contribution >= 4 is 17.5 Å². The van der Waals surface area contributed by atoms with E-state index in [1.54, 1.807) is 5.41 Å². The fourth-order valence-corrected chi connectivity index (χ4v) is 2.15. The molecule has 0 heterocycles. The van der Waals surface area contributed by atoms with Crippen molar-refractivity contribution < 1.29 is 4.79 Å². The molecule has 0 amide bonds. The molecule has 15 heavy (non-hydrogen) atoms. The van der Waals surface area contributed by atoms with Crippen LogP contribution in [0.25, 0.3) is 0 Å². The second kappa shape index (κ2) is 4.33. The summed E-state index contributed by atoms with van der Waals surface area (Å²) < 4.78 is 0. The Balaban J connectivity index is 2.35. The number of carbonyl (C=O) groups is 1. The molecular weight excluding hydrogens is 206 g/mol. The molecule has 0 radical (unpaired) electrons. The Hall–Kier alpha value is -1.53. The van der Waals surface area contributed by atoms with E-state index in [0.717, 1.165) is 41.3 Å². The molecule has 0 N–H and O–H groups in total. The molecule has 0 aromatic heterocycles. The fourth-order valence-electron chi connectivity index (χ4n) is 1.73. The zero-order valence-corrected chi connectivity index (χ0v) is 8.88. The van der Waals surface area contributed by atoms with E-state index in [2.05, 4.69) is 0 Å². The summed E-state index contributed by atoms with van der Waals surface area (Å²) in [5.41, 5.74) is 2.65. The number of ketones is 1. The van der Waals surface area contributed by atoms with Gasteiger partial charge < -0.3 is 0 Å². The molecule has 0 atom stereocenters. The summed E-state index contributed by atoms with van der Waals surface area (Å²) >= 11 is 1.02. The van der Waals surface area contributed by atoms with Crippen LogP contribution in [0.1, 0.15) is 22.3 Å². The second-order valence-corrected chi connectivity index (χ2v) is 3.99. The third-order valence-electron chi connectivity index (χ3n) is 2.47. The minimum Gasteiger partial charge on any atom is -0.289 e. The lowest BCUT2D eigenvalue weighted by Gasteiger charge is -2.16. The van der Waals surface area contributed by atoms with Crippen molar-refractivity contribution in [3.63, 3.8) is 0 Å². The maximum atomic E-state index is 11.9. The van der Waals surface area contributed by atoms with Gasteiger partial charge in [-0.25, -0.2) is 0 Å². The van der Waals surface area contributed by atoms with Gasteiger partial charge in [-0.05, 0) is 35.6 Å². The summed E-state index contributed by atoms with van der Waals surface area (Å²) in [6.45, 7) is 0. The highest BCUT2D eigenvalue weighted by atomic mass is 32.2. The highest BCUT2D eigenvalue weighted by Crippen LogP contribution is 2.26. The van der Waals surface area contributed by atoms with Gasteiger partial charge in [0, 0.05) is 11.1 Å². The molecule has 1 aromatic rings. The first kappa shape index (κ1) is 10.0. The summed E-state index contributed by atoms with van der Waals surface area (Å²) in [6.07, 6.45) is 1.63. The number of rotatable bonds is 1. The van der Waals surface area contributed by atoms with Crippen LogP contribution >= 0.6 is 11.8 Å². The molecular formula is C12H9NOS. The molecule has 2 rings (SSSR count). The largest absolute Gasteiger partial charge is 0.289 e. The van der Waals surface area contributed by atoms with E-state index in [1.807, 2.05) is 29.7 Å². The second-order valence-electron chi connectivity index (χ2n) is 3.34. The van der Waals surface area contributed by atoms with Crippen molar-refractivity contribution in [1.82, 2.24) is 0 Å². The van der Waals surface area contributed by atoms with Gasteiger partial charge in [0.2, 0.25) is 0 Å². The minimum atomic E-state index is 0.0691. The Kier molecular flexibility index (Phi) is 2.89. The van der Waals surface area contributed by atoms with E-state index in [1.165, 1.54) is 0 Å². The van der Waals surface area contributed by atoms with Gasteiger partial charge in [-0.15, -0.1) is 0 Å². The van der Waals surface area contributed by atoms with E-state index in [-0.39, 0.29) is 5.78 Å².